The lowest BCUT2D eigenvalue weighted by molar-refractivity contribution is 0.0693. The highest BCUT2D eigenvalue weighted by Gasteiger charge is 2.30. The molecule has 0 atom stereocenters. The summed E-state index contributed by atoms with van der Waals surface area (Å²) in [6.45, 7) is 0.357. The van der Waals surface area contributed by atoms with Crippen LogP contribution in [0.25, 0.3) is 33.7 Å². The van der Waals surface area contributed by atoms with E-state index in [1.807, 2.05) is 23.6 Å². The van der Waals surface area contributed by atoms with Gasteiger partial charge in [-0.3, -0.25) is 4.79 Å². The number of rotatable bonds is 2. The first kappa shape index (κ1) is 16.0. The Morgan fingerprint density at radius 2 is 2.22 bits per heavy atom. The second kappa shape index (κ2) is 5.62. The summed E-state index contributed by atoms with van der Waals surface area (Å²) in [6.07, 6.45) is 1.72. The smallest absolute Gasteiger partial charge is 0.341 e. The van der Waals surface area contributed by atoms with Crippen LogP contribution in [0.2, 0.25) is 0 Å². The Bertz CT molecular complexity index is 1290. The summed E-state index contributed by atoms with van der Waals surface area (Å²) in [6, 6.07) is 5.66. The highest BCUT2D eigenvalue weighted by molar-refractivity contribution is 7.07. The van der Waals surface area contributed by atoms with Gasteiger partial charge in [0.05, 0.1) is 11.2 Å². The van der Waals surface area contributed by atoms with Crippen molar-refractivity contribution in [2.45, 2.75) is 13.0 Å². The third-order valence-electron chi connectivity index (χ3n) is 4.80. The SMILES string of the molecule is O=C(O)c1cn2c(c(F)c1=O)-c1oc3c(-c4cscn4)cccc3c1CC2. The summed E-state index contributed by atoms with van der Waals surface area (Å²) >= 11 is 1.46. The minimum atomic E-state index is -1.45. The molecule has 134 valence electrons. The van der Waals surface area contributed by atoms with Crippen molar-refractivity contribution in [3.8, 4) is 22.7 Å². The van der Waals surface area contributed by atoms with E-state index >= 15 is 0 Å². The molecule has 6 nitrogen and oxygen atoms in total. The Kier molecular flexibility index (Phi) is 3.32. The first-order valence-electron chi connectivity index (χ1n) is 8.16. The zero-order valence-corrected chi connectivity index (χ0v) is 14.5. The molecule has 4 aromatic rings. The molecule has 4 heterocycles. The van der Waals surface area contributed by atoms with Gasteiger partial charge in [0.15, 0.2) is 11.6 Å². The molecule has 3 aromatic heterocycles. The maximum Gasteiger partial charge on any atom is 0.341 e. The van der Waals surface area contributed by atoms with Gasteiger partial charge in [-0.15, -0.1) is 11.3 Å². The number of thiazole rings is 1. The van der Waals surface area contributed by atoms with Crippen LogP contribution in [0.5, 0.6) is 0 Å². The largest absolute Gasteiger partial charge is 0.477 e. The van der Waals surface area contributed by atoms with E-state index in [-0.39, 0.29) is 11.5 Å². The number of aryl methyl sites for hydroxylation is 2. The number of nitrogens with zero attached hydrogens (tertiary/aromatic N) is 2. The van der Waals surface area contributed by atoms with E-state index in [1.165, 1.54) is 22.1 Å². The Hall–Kier alpha value is -3.26. The second-order valence-corrected chi connectivity index (χ2v) is 6.97. The molecule has 1 aromatic carbocycles. The van der Waals surface area contributed by atoms with Crippen molar-refractivity contribution in [1.29, 1.82) is 0 Å². The molecule has 0 saturated carbocycles. The van der Waals surface area contributed by atoms with Crippen molar-refractivity contribution in [2.24, 2.45) is 0 Å². The molecule has 0 radical (unpaired) electrons. The number of aromatic nitrogens is 2. The summed E-state index contributed by atoms with van der Waals surface area (Å²) in [4.78, 5) is 27.7. The zero-order valence-electron chi connectivity index (χ0n) is 13.7. The van der Waals surface area contributed by atoms with Gasteiger partial charge in [0.25, 0.3) is 0 Å². The molecule has 8 heteroatoms. The monoisotopic (exact) mass is 382 g/mol. The van der Waals surface area contributed by atoms with E-state index in [9.17, 15) is 14.0 Å². The van der Waals surface area contributed by atoms with Crippen molar-refractivity contribution in [3.63, 3.8) is 0 Å². The topological polar surface area (TPSA) is 85.3 Å². The number of carboxylic acids is 1. The van der Waals surface area contributed by atoms with E-state index < -0.39 is 22.8 Å². The predicted molar refractivity (Wildman–Crippen MR) is 97.6 cm³/mol. The van der Waals surface area contributed by atoms with E-state index in [4.69, 9.17) is 9.52 Å². The van der Waals surface area contributed by atoms with Crippen LogP contribution in [0.15, 0.2) is 44.5 Å². The third-order valence-corrected chi connectivity index (χ3v) is 5.39. The number of hydrogen-bond donors (Lipinski definition) is 1. The first-order chi connectivity index (χ1) is 13.1. The molecule has 1 aliphatic rings. The summed E-state index contributed by atoms with van der Waals surface area (Å²) in [7, 11) is 0. The lowest BCUT2D eigenvalue weighted by atomic mass is 9.99. The molecular formula is C19H11FN2O4S. The maximum absolute atomic E-state index is 14.8. The number of fused-ring (bicyclic) bond motifs is 5. The van der Waals surface area contributed by atoms with Gasteiger partial charge in [-0.1, -0.05) is 12.1 Å². The van der Waals surface area contributed by atoms with Crippen molar-refractivity contribution in [3.05, 3.63) is 62.5 Å². The highest BCUT2D eigenvalue weighted by atomic mass is 32.1. The van der Waals surface area contributed by atoms with Gasteiger partial charge < -0.3 is 14.1 Å². The van der Waals surface area contributed by atoms with Gasteiger partial charge in [0.2, 0.25) is 5.43 Å². The van der Waals surface area contributed by atoms with Gasteiger partial charge >= 0.3 is 5.97 Å². The Morgan fingerprint density at radius 3 is 2.96 bits per heavy atom. The average molecular weight is 382 g/mol. The summed E-state index contributed by atoms with van der Waals surface area (Å²) < 4.78 is 22.3. The second-order valence-electron chi connectivity index (χ2n) is 6.25. The first-order valence-corrected chi connectivity index (χ1v) is 9.10. The number of benzene rings is 1. The van der Waals surface area contributed by atoms with E-state index in [0.29, 0.717) is 18.5 Å². The van der Waals surface area contributed by atoms with Crippen LogP contribution in [-0.2, 0) is 13.0 Å². The quantitative estimate of drug-likeness (QED) is 0.570. The van der Waals surface area contributed by atoms with E-state index in [0.717, 1.165) is 22.2 Å². The lowest BCUT2D eigenvalue weighted by Gasteiger charge is -2.19. The molecule has 0 saturated heterocycles. The van der Waals surface area contributed by atoms with Crippen LogP contribution < -0.4 is 5.43 Å². The molecule has 1 aliphatic heterocycles. The van der Waals surface area contributed by atoms with Gasteiger partial charge in [0, 0.05) is 34.6 Å². The number of hydrogen-bond acceptors (Lipinski definition) is 5. The van der Waals surface area contributed by atoms with E-state index in [1.54, 1.807) is 5.51 Å². The molecule has 0 aliphatic carbocycles. The number of pyridine rings is 1. The van der Waals surface area contributed by atoms with Crippen molar-refractivity contribution in [1.82, 2.24) is 9.55 Å². The zero-order chi connectivity index (χ0) is 18.7. The van der Waals surface area contributed by atoms with Crippen LogP contribution in [0.4, 0.5) is 4.39 Å². The summed E-state index contributed by atoms with van der Waals surface area (Å²) in [5, 5.41) is 11.9. The van der Waals surface area contributed by atoms with Crippen molar-refractivity contribution in [2.75, 3.05) is 0 Å². The fourth-order valence-electron chi connectivity index (χ4n) is 3.58. The molecular weight excluding hydrogens is 371 g/mol. The molecule has 5 rings (SSSR count). The molecule has 27 heavy (non-hydrogen) atoms. The standard InChI is InChI=1S/C19H11FN2O4S/c20-14-15-18-10(4-5-22(15)6-12(16(14)23)19(24)25)9-2-1-3-11(17(9)26-18)13-7-27-8-21-13/h1-3,6-8H,4-5H2,(H,24,25). The number of carboxylic acid groups (broad SMARTS) is 1. The van der Waals surface area contributed by atoms with Crippen molar-refractivity contribution < 1.29 is 18.7 Å². The molecule has 1 N–H and O–H groups in total. The van der Waals surface area contributed by atoms with Gasteiger partial charge in [-0.2, -0.15) is 0 Å². The average Bonchev–Trinajstić information content (AvgIpc) is 3.31. The predicted octanol–water partition coefficient (Wildman–Crippen LogP) is 3.78. The molecule has 0 fully saturated rings. The van der Waals surface area contributed by atoms with Crippen LogP contribution in [-0.4, -0.2) is 20.6 Å². The van der Waals surface area contributed by atoms with Crippen LogP contribution in [0.3, 0.4) is 0 Å². The highest BCUT2D eigenvalue weighted by Crippen LogP contribution is 2.41. The van der Waals surface area contributed by atoms with Crippen LogP contribution >= 0.6 is 11.3 Å². The van der Waals surface area contributed by atoms with Crippen LogP contribution in [0, 0.1) is 5.82 Å². The number of halogens is 1. The van der Waals surface area contributed by atoms with Gasteiger partial charge in [0.1, 0.15) is 16.8 Å². The minimum absolute atomic E-state index is 0.00771. The normalized spacial score (nSPS) is 12.8. The Morgan fingerprint density at radius 1 is 1.37 bits per heavy atom. The maximum atomic E-state index is 14.8. The minimum Gasteiger partial charge on any atom is -0.477 e. The fourth-order valence-corrected chi connectivity index (χ4v) is 4.13. The van der Waals surface area contributed by atoms with Gasteiger partial charge in [-0.05, 0) is 12.5 Å². The lowest BCUT2D eigenvalue weighted by Crippen LogP contribution is -2.25. The molecule has 0 amide bonds. The molecule has 0 spiro atoms. The number of furan rings is 1. The number of para-hydroxylation sites is 1. The Labute approximate surface area is 155 Å². The van der Waals surface area contributed by atoms with Gasteiger partial charge in [-0.25, -0.2) is 14.2 Å². The van der Waals surface area contributed by atoms with Crippen LogP contribution in [0.1, 0.15) is 15.9 Å². The van der Waals surface area contributed by atoms with E-state index in [2.05, 4.69) is 4.98 Å². The summed E-state index contributed by atoms with van der Waals surface area (Å²) in [5.74, 6) is -2.29. The number of aromatic carboxylic acids is 1. The molecule has 0 bridgehead atoms. The third kappa shape index (κ3) is 2.20. The molecule has 0 unspecified atom stereocenters. The fraction of sp³-hybridized carbons (Fsp3) is 0.105. The van der Waals surface area contributed by atoms with Crippen molar-refractivity contribution >= 4 is 28.3 Å². The number of carbonyl (C=O) groups is 1. The summed E-state index contributed by atoms with van der Waals surface area (Å²) in [5.41, 5.74) is 2.93. The Balaban J connectivity index is 1.83.